The molecule has 1 saturated carbocycles. The second kappa shape index (κ2) is 7.27. The number of carbonyl (C=O) groups is 3. The number of hydrogen-bond acceptors (Lipinski definition) is 5. The fourth-order valence-corrected chi connectivity index (χ4v) is 4.82. The summed E-state index contributed by atoms with van der Waals surface area (Å²) in [5.41, 5.74) is 2.48. The van der Waals surface area contributed by atoms with Crippen LogP contribution in [0.5, 0.6) is 5.75 Å². The van der Waals surface area contributed by atoms with Crippen LogP contribution < -0.4 is 4.74 Å². The summed E-state index contributed by atoms with van der Waals surface area (Å²) in [6.07, 6.45) is 4.39. The molecule has 158 valence electrons. The van der Waals surface area contributed by atoms with E-state index in [1.54, 1.807) is 37.4 Å². The van der Waals surface area contributed by atoms with Gasteiger partial charge in [-0.15, -0.1) is 0 Å². The van der Waals surface area contributed by atoms with Crippen LogP contribution in [0.25, 0.3) is 10.9 Å². The molecular formula is C24H22N2O5. The lowest BCUT2D eigenvalue weighted by Crippen LogP contribution is -2.32. The van der Waals surface area contributed by atoms with Crippen LogP contribution in [0.2, 0.25) is 0 Å². The third kappa shape index (κ3) is 2.91. The van der Waals surface area contributed by atoms with Gasteiger partial charge in [-0.1, -0.05) is 30.0 Å². The SMILES string of the molecule is COc1ccc2c(c1)c(C(=O)ON1C(=O)c3ccccc3C1=O)c(C)n2C1CCCC1. The highest BCUT2D eigenvalue weighted by molar-refractivity contribution is 6.21. The van der Waals surface area contributed by atoms with Crippen molar-refractivity contribution in [3.05, 3.63) is 64.8 Å². The number of hydroxylamine groups is 2. The Morgan fingerprint density at radius 2 is 1.65 bits per heavy atom. The number of fused-ring (bicyclic) bond motifs is 2. The summed E-state index contributed by atoms with van der Waals surface area (Å²) in [7, 11) is 1.57. The van der Waals surface area contributed by atoms with E-state index in [1.807, 2.05) is 19.1 Å². The molecular weight excluding hydrogens is 396 g/mol. The number of amides is 2. The quantitative estimate of drug-likeness (QED) is 0.586. The molecule has 7 heteroatoms. The third-order valence-corrected chi connectivity index (χ3v) is 6.28. The maximum atomic E-state index is 13.3. The summed E-state index contributed by atoms with van der Waals surface area (Å²) in [6.45, 7) is 1.88. The van der Waals surface area contributed by atoms with E-state index in [0.29, 0.717) is 27.8 Å². The Hall–Kier alpha value is -3.61. The van der Waals surface area contributed by atoms with Gasteiger partial charge in [-0.3, -0.25) is 9.59 Å². The number of hydrogen-bond donors (Lipinski definition) is 0. The fraction of sp³-hybridized carbons (Fsp3) is 0.292. The van der Waals surface area contributed by atoms with Crippen molar-refractivity contribution in [2.24, 2.45) is 0 Å². The molecule has 0 bridgehead atoms. The number of benzene rings is 2. The molecule has 2 heterocycles. The predicted molar refractivity (Wildman–Crippen MR) is 113 cm³/mol. The van der Waals surface area contributed by atoms with Gasteiger partial charge in [-0.25, -0.2) is 4.79 Å². The van der Waals surface area contributed by atoms with Crippen molar-refractivity contribution < 1.29 is 24.0 Å². The van der Waals surface area contributed by atoms with Gasteiger partial charge >= 0.3 is 5.97 Å². The Labute approximate surface area is 179 Å². The largest absolute Gasteiger partial charge is 0.497 e. The highest BCUT2D eigenvalue weighted by atomic mass is 16.7. The lowest BCUT2D eigenvalue weighted by molar-refractivity contribution is -0.0584. The monoisotopic (exact) mass is 418 g/mol. The zero-order valence-corrected chi connectivity index (χ0v) is 17.4. The van der Waals surface area contributed by atoms with Crippen molar-refractivity contribution in [2.75, 3.05) is 7.11 Å². The van der Waals surface area contributed by atoms with Crippen LogP contribution in [0.3, 0.4) is 0 Å². The van der Waals surface area contributed by atoms with Crippen molar-refractivity contribution in [1.29, 1.82) is 0 Å². The first-order valence-corrected chi connectivity index (χ1v) is 10.4. The van der Waals surface area contributed by atoms with E-state index in [9.17, 15) is 14.4 Å². The van der Waals surface area contributed by atoms with Crippen molar-refractivity contribution in [3.63, 3.8) is 0 Å². The van der Waals surface area contributed by atoms with Gasteiger partial charge in [-0.2, -0.15) is 0 Å². The molecule has 1 fully saturated rings. The molecule has 0 N–H and O–H groups in total. The van der Waals surface area contributed by atoms with Crippen LogP contribution in [0, 0.1) is 6.92 Å². The van der Waals surface area contributed by atoms with E-state index >= 15 is 0 Å². The molecule has 0 saturated heterocycles. The molecule has 0 spiro atoms. The van der Waals surface area contributed by atoms with Gasteiger partial charge in [-0.05, 0) is 50.1 Å². The Morgan fingerprint density at radius 3 is 2.26 bits per heavy atom. The number of aromatic nitrogens is 1. The Bertz CT molecular complexity index is 1200. The first kappa shape index (κ1) is 19.4. The van der Waals surface area contributed by atoms with Gasteiger partial charge in [0.15, 0.2) is 0 Å². The summed E-state index contributed by atoms with van der Waals surface area (Å²) in [6, 6.07) is 12.3. The van der Waals surface area contributed by atoms with Crippen LogP contribution >= 0.6 is 0 Å². The molecule has 1 aromatic heterocycles. The van der Waals surface area contributed by atoms with Gasteiger partial charge in [0.2, 0.25) is 0 Å². The minimum atomic E-state index is -0.734. The predicted octanol–water partition coefficient (Wildman–Crippen LogP) is 4.44. The van der Waals surface area contributed by atoms with E-state index in [4.69, 9.17) is 9.57 Å². The Morgan fingerprint density at radius 1 is 1.00 bits per heavy atom. The first-order valence-electron chi connectivity index (χ1n) is 10.4. The van der Waals surface area contributed by atoms with Gasteiger partial charge in [0.1, 0.15) is 5.75 Å². The fourth-order valence-electron chi connectivity index (χ4n) is 4.82. The summed E-state index contributed by atoms with van der Waals surface area (Å²) in [5, 5.41) is 1.25. The lowest BCUT2D eigenvalue weighted by Gasteiger charge is -2.17. The normalized spacial score (nSPS) is 16.3. The van der Waals surface area contributed by atoms with Crippen molar-refractivity contribution in [2.45, 2.75) is 38.6 Å². The van der Waals surface area contributed by atoms with Crippen LogP contribution in [-0.2, 0) is 4.84 Å². The van der Waals surface area contributed by atoms with E-state index in [0.717, 1.165) is 36.9 Å². The minimum absolute atomic E-state index is 0.229. The second-order valence-corrected chi connectivity index (χ2v) is 7.98. The van der Waals surface area contributed by atoms with Gasteiger partial charge < -0.3 is 14.1 Å². The summed E-state index contributed by atoms with van der Waals surface area (Å²) in [4.78, 5) is 43.9. The number of rotatable bonds is 4. The third-order valence-electron chi connectivity index (χ3n) is 6.28. The topological polar surface area (TPSA) is 77.8 Å². The summed E-state index contributed by atoms with van der Waals surface area (Å²) < 4.78 is 7.54. The highest BCUT2D eigenvalue weighted by Gasteiger charge is 2.39. The van der Waals surface area contributed by atoms with Crippen molar-refractivity contribution in [3.8, 4) is 5.75 Å². The maximum Gasteiger partial charge on any atom is 0.366 e. The molecule has 5 rings (SSSR count). The molecule has 3 aromatic rings. The molecule has 7 nitrogen and oxygen atoms in total. The van der Waals surface area contributed by atoms with Gasteiger partial charge in [0.05, 0.1) is 23.8 Å². The zero-order chi connectivity index (χ0) is 21.7. The van der Waals surface area contributed by atoms with Crippen LogP contribution in [0.1, 0.15) is 68.5 Å². The van der Waals surface area contributed by atoms with Crippen molar-refractivity contribution >= 4 is 28.7 Å². The number of methoxy groups -OCH3 is 1. The maximum absolute atomic E-state index is 13.3. The molecule has 0 unspecified atom stereocenters. The number of carbonyl (C=O) groups excluding carboxylic acids is 3. The Kier molecular flexibility index (Phi) is 4.54. The number of nitrogens with zero attached hydrogens (tertiary/aromatic N) is 2. The molecule has 1 aliphatic heterocycles. The first-order chi connectivity index (χ1) is 15.0. The number of ether oxygens (including phenoxy) is 1. The van der Waals surface area contributed by atoms with E-state index < -0.39 is 17.8 Å². The number of imide groups is 1. The molecule has 2 aliphatic rings. The molecule has 31 heavy (non-hydrogen) atoms. The van der Waals surface area contributed by atoms with Crippen LogP contribution in [0.4, 0.5) is 0 Å². The van der Waals surface area contributed by atoms with Crippen molar-refractivity contribution in [1.82, 2.24) is 9.63 Å². The standard InChI is InChI=1S/C24H22N2O5/c1-14-21(24(29)31-26-22(27)17-9-5-6-10-18(17)23(26)28)19-13-16(30-2)11-12-20(19)25(14)15-7-3-4-8-15/h5-6,9-13,15H,3-4,7-8H2,1-2H3. The van der Waals surface area contributed by atoms with Crippen LogP contribution in [0.15, 0.2) is 42.5 Å². The molecule has 2 aromatic carbocycles. The molecule has 0 radical (unpaired) electrons. The zero-order valence-electron chi connectivity index (χ0n) is 17.4. The molecule has 2 amide bonds. The van der Waals surface area contributed by atoms with Crippen LogP contribution in [-0.4, -0.2) is 34.5 Å². The van der Waals surface area contributed by atoms with Gasteiger partial charge in [0, 0.05) is 22.6 Å². The minimum Gasteiger partial charge on any atom is -0.497 e. The second-order valence-electron chi connectivity index (χ2n) is 7.98. The average molecular weight is 418 g/mol. The molecule has 1 aliphatic carbocycles. The Balaban J connectivity index is 1.57. The van der Waals surface area contributed by atoms with E-state index in [1.165, 1.54) is 0 Å². The average Bonchev–Trinajstić information content (AvgIpc) is 3.46. The highest BCUT2D eigenvalue weighted by Crippen LogP contribution is 2.38. The lowest BCUT2D eigenvalue weighted by atomic mass is 10.1. The van der Waals surface area contributed by atoms with E-state index in [-0.39, 0.29) is 11.1 Å². The smallest absolute Gasteiger partial charge is 0.366 e. The van der Waals surface area contributed by atoms with Gasteiger partial charge in [0.25, 0.3) is 11.8 Å². The molecule has 0 atom stereocenters. The summed E-state index contributed by atoms with van der Waals surface area (Å²) >= 11 is 0. The summed E-state index contributed by atoms with van der Waals surface area (Å²) in [5.74, 6) is -1.39. The van der Waals surface area contributed by atoms with E-state index in [2.05, 4.69) is 4.57 Å².